The highest BCUT2D eigenvalue weighted by molar-refractivity contribution is 7.09. The van der Waals surface area contributed by atoms with Crippen LogP contribution in [0.15, 0.2) is 35.7 Å². The van der Waals surface area contributed by atoms with Crippen LogP contribution in [0.2, 0.25) is 0 Å². The van der Waals surface area contributed by atoms with Crippen LogP contribution in [0.4, 0.5) is 0 Å². The zero-order valence-electron chi connectivity index (χ0n) is 14.2. The largest absolute Gasteiger partial charge is 0.464 e. The summed E-state index contributed by atoms with van der Waals surface area (Å²) in [6.45, 7) is 0. The van der Waals surface area contributed by atoms with Crippen molar-refractivity contribution in [2.75, 3.05) is 7.11 Å². The van der Waals surface area contributed by atoms with E-state index in [9.17, 15) is 9.59 Å². The monoisotopic (exact) mass is 358 g/mol. The Morgan fingerprint density at radius 1 is 1.20 bits per heavy atom. The minimum atomic E-state index is -0.445. The molecule has 1 saturated carbocycles. The molecule has 1 aliphatic carbocycles. The van der Waals surface area contributed by atoms with Gasteiger partial charge in [0.2, 0.25) is 0 Å². The molecule has 5 nitrogen and oxygen atoms in total. The first kappa shape index (κ1) is 17.6. The minimum absolute atomic E-state index is 0.106. The van der Waals surface area contributed by atoms with Crippen molar-refractivity contribution in [3.05, 3.63) is 52.0 Å². The quantitative estimate of drug-likeness (QED) is 0.821. The normalized spacial score (nSPS) is 16.2. The zero-order valence-corrected chi connectivity index (χ0v) is 15.1. The van der Waals surface area contributed by atoms with Crippen molar-refractivity contribution in [1.82, 2.24) is 10.3 Å². The van der Waals surface area contributed by atoms with Crippen molar-refractivity contribution in [1.29, 1.82) is 0 Å². The van der Waals surface area contributed by atoms with E-state index in [-0.39, 0.29) is 11.9 Å². The number of nitrogens with zero attached hydrogens (tertiary/aromatic N) is 1. The molecule has 1 aliphatic rings. The summed E-state index contributed by atoms with van der Waals surface area (Å²) >= 11 is 1.41. The van der Waals surface area contributed by atoms with Gasteiger partial charge in [-0.05, 0) is 30.9 Å². The molecule has 132 valence electrons. The van der Waals surface area contributed by atoms with E-state index in [1.165, 1.54) is 24.9 Å². The molecule has 1 aromatic heterocycles. The number of ether oxygens (including phenoxy) is 1. The first-order valence-electron chi connectivity index (χ1n) is 8.58. The van der Waals surface area contributed by atoms with Gasteiger partial charge in [-0.25, -0.2) is 9.78 Å². The fourth-order valence-corrected chi connectivity index (χ4v) is 4.22. The number of amides is 1. The number of benzene rings is 1. The fourth-order valence-electron chi connectivity index (χ4n) is 3.29. The third-order valence-corrected chi connectivity index (χ3v) is 5.55. The van der Waals surface area contributed by atoms with Gasteiger partial charge in [-0.1, -0.05) is 37.5 Å². The molecule has 1 atom stereocenters. The van der Waals surface area contributed by atoms with Gasteiger partial charge in [0.25, 0.3) is 5.91 Å². The highest BCUT2D eigenvalue weighted by atomic mass is 32.1. The maximum Gasteiger partial charge on any atom is 0.357 e. The average Bonchev–Trinajstić information content (AvgIpc) is 3.16. The lowest BCUT2D eigenvalue weighted by molar-refractivity contribution is 0.0594. The molecule has 6 heteroatoms. The van der Waals surface area contributed by atoms with Crippen LogP contribution in [-0.2, 0) is 4.74 Å². The Hall–Kier alpha value is -2.21. The van der Waals surface area contributed by atoms with Crippen LogP contribution in [0, 0.1) is 5.92 Å². The number of thiazole rings is 1. The van der Waals surface area contributed by atoms with E-state index in [1.54, 1.807) is 17.5 Å². The van der Waals surface area contributed by atoms with E-state index >= 15 is 0 Å². The fraction of sp³-hybridized carbons (Fsp3) is 0.421. The van der Waals surface area contributed by atoms with E-state index < -0.39 is 5.97 Å². The highest BCUT2D eigenvalue weighted by Crippen LogP contribution is 2.36. The lowest BCUT2D eigenvalue weighted by Gasteiger charge is -2.29. The van der Waals surface area contributed by atoms with Crippen LogP contribution >= 0.6 is 11.3 Å². The van der Waals surface area contributed by atoms with E-state index in [1.807, 2.05) is 18.2 Å². The summed E-state index contributed by atoms with van der Waals surface area (Å²) in [5.41, 5.74) is 0.935. The van der Waals surface area contributed by atoms with Crippen molar-refractivity contribution >= 4 is 23.2 Å². The van der Waals surface area contributed by atoms with E-state index in [0.717, 1.165) is 30.7 Å². The Balaban J connectivity index is 1.83. The molecule has 1 amide bonds. The molecular formula is C19H22N2O3S. The van der Waals surface area contributed by atoms with Crippen LogP contribution in [0.5, 0.6) is 0 Å². The smallest absolute Gasteiger partial charge is 0.357 e. The molecule has 0 aliphatic heterocycles. The predicted octanol–water partition coefficient (Wildman–Crippen LogP) is 3.98. The van der Waals surface area contributed by atoms with Gasteiger partial charge < -0.3 is 10.1 Å². The molecule has 1 fully saturated rings. The highest BCUT2D eigenvalue weighted by Gasteiger charge is 2.29. The Morgan fingerprint density at radius 2 is 1.92 bits per heavy atom. The van der Waals surface area contributed by atoms with Gasteiger partial charge in [0.1, 0.15) is 5.01 Å². The summed E-state index contributed by atoms with van der Waals surface area (Å²) in [5.74, 6) is -0.205. The second-order valence-electron chi connectivity index (χ2n) is 6.28. The van der Waals surface area contributed by atoms with Crippen LogP contribution in [-0.4, -0.2) is 24.0 Å². The van der Waals surface area contributed by atoms with Crippen molar-refractivity contribution in [2.45, 2.75) is 38.1 Å². The van der Waals surface area contributed by atoms with Crippen molar-refractivity contribution < 1.29 is 14.3 Å². The van der Waals surface area contributed by atoms with Crippen LogP contribution in [0.25, 0.3) is 0 Å². The Labute approximate surface area is 151 Å². The summed E-state index contributed by atoms with van der Waals surface area (Å²) < 4.78 is 4.74. The molecule has 0 saturated heterocycles. The lowest BCUT2D eigenvalue weighted by atomic mass is 9.84. The van der Waals surface area contributed by atoms with Gasteiger partial charge in [-0.15, -0.1) is 11.3 Å². The van der Waals surface area contributed by atoms with Gasteiger partial charge >= 0.3 is 5.97 Å². The number of hydrogen-bond acceptors (Lipinski definition) is 5. The van der Waals surface area contributed by atoms with E-state index in [2.05, 4.69) is 10.3 Å². The number of esters is 1. The summed E-state index contributed by atoms with van der Waals surface area (Å²) in [4.78, 5) is 28.8. The average molecular weight is 358 g/mol. The maximum absolute atomic E-state index is 12.6. The Morgan fingerprint density at radius 3 is 2.60 bits per heavy atom. The van der Waals surface area contributed by atoms with E-state index in [0.29, 0.717) is 17.2 Å². The van der Waals surface area contributed by atoms with Crippen LogP contribution < -0.4 is 5.32 Å². The number of hydrogen-bond donors (Lipinski definition) is 1. The second-order valence-corrected chi connectivity index (χ2v) is 7.17. The number of carbonyl (C=O) groups excluding carboxylic acids is 2. The van der Waals surface area contributed by atoms with Crippen molar-refractivity contribution in [2.24, 2.45) is 5.92 Å². The second kappa shape index (κ2) is 8.25. The molecule has 1 N–H and O–H groups in total. The molecule has 3 rings (SSSR count). The summed E-state index contributed by atoms with van der Waals surface area (Å²) in [6, 6.07) is 9.02. The third-order valence-electron chi connectivity index (χ3n) is 4.63. The minimum Gasteiger partial charge on any atom is -0.464 e. The molecular weight excluding hydrogens is 336 g/mol. The molecule has 0 spiro atoms. The molecule has 0 radical (unpaired) electrons. The van der Waals surface area contributed by atoms with Crippen molar-refractivity contribution in [3.63, 3.8) is 0 Å². The summed E-state index contributed by atoms with van der Waals surface area (Å²) in [5, 5.41) is 5.62. The van der Waals surface area contributed by atoms with Gasteiger partial charge in [0.15, 0.2) is 5.69 Å². The molecule has 1 aromatic carbocycles. The standard InChI is InChI=1S/C19H22N2O3S/c1-24-19(23)15-12-25-18(20-15)16(13-8-4-2-5-9-13)21-17(22)14-10-6-3-7-11-14/h3,6-7,10-13,16H,2,4-5,8-9H2,1H3,(H,21,22). The van der Waals surface area contributed by atoms with Gasteiger partial charge in [-0.2, -0.15) is 0 Å². The van der Waals surface area contributed by atoms with E-state index in [4.69, 9.17) is 4.74 Å². The van der Waals surface area contributed by atoms with Gasteiger partial charge in [0, 0.05) is 10.9 Å². The number of methoxy groups -OCH3 is 1. The summed E-state index contributed by atoms with van der Waals surface area (Å²) in [6.07, 6.45) is 5.69. The Bertz CT molecular complexity index is 723. The zero-order chi connectivity index (χ0) is 17.6. The molecule has 2 aromatic rings. The Kier molecular flexibility index (Phi) is 5.81. The molecule has 0 bridgehead atoms. The number of aromatic nitrogens is 1. The first-order valence-corrected chi connectivity index (χ1v) is 9.46. The number of nitrogens with one attached hydrogen (secondary N) is 1. The number of rotatable bonds is 5. The van der Waals surface area contributed by atoms with Crippen molar-refractivity contribution in [3.8, 4) is 0 Å². The summed E-state index contributed by atoms with van der Waals surface area (Å²) in [7, 11) is 1.34. The maximum atomic E-state index is 12.6. The topological polar surface area (TPSA) is 68.3 Å². The van der Waals surface area contributed by atoms with Crippen LogP contribution in [0.1, 0.15) is 64.0 Å². The molecule has 1 unspecified atom stereocenters. The van der Waals surface area contributed by atoms with Gasteiger partial charge in [0.05, 0.1) is 13.2 Å². The SMILES string of the molecule is COC(=O)c1csc(C(NC(=O)c2ccccc2)C2CCCCC2)n1. The van der Waals surface area contributed by atoms with Gasteiger partial charge in [-0.3, -0.25) is 4.79 Å². The predicted molar refractivity (Wildman–Crippen MR) is 96.7 cm³/mol. The molecule has 1 heterocycles. The van der Waals surface area contributed by atoms with Crippen LogP contribution in [0.3, 0.4) is 0 Å². The number of carbonyl (C=O) groups is 2. The third kappa shape index (κ3) is 4.25. The lowest BCUT2D eigenvalue weighted by Crippen LogP contribution is -2.34. The molecule has 25 heavy (non-hydrogen) atoms. The first-order chi connectivity index (χ1) is 12.2.